The summed E-state index contributed by atoms with van der Waals surface area (Å²) in [5, 5.41) is 0. The molecular weight excluding hydrogens is 200 g/mol. The van der Waals surface area contributed by atoms with E-state index < -0.39 is 0 Å². The number of hydrogen-bond acceptors (Lipinski definition) is 0. The van der Waals surface area contributed by atoms with E-state index in [-0.39, 0.29) is 0 Å². The molecule has 11 heavy (non-hydrogen) atoms. The smallest absolute Gasteiger partial charge is 0.0253 e. The van der Waals surface area contributed by atoms with Gasteiger partial charge in [0.15, 0.2) is 0 Å². The van der Waals surface area contributed by atoms with Crippen molar-refractivity contribution in [1.29, 1.82) is 0 Å². The molecule has 2 fully saturated rings. The SMILES string of the molecule is C[C@]12CCC[C@](C)(CC1)C2Br. The number of halogens is 1. The zero-order valence-corrected chi connectivity index (χ0v) is 9.08. The molecule has 0 N–H and O–H groups in total. The summed E-state index contributed by atoms with van der Waals surface area (Å²) in [6.07, 6.45) is 7.23. The summed E-state index contributed by atoms with van der Waals surface area (Å²) in [5.74, 6) is 0. The Morgan fingerprint density at radius 2 is 1.45 bits per heavy atom. The molecule has 2 bridgehead atoms. The van der Waals surface area contributed by atoms with Gasteiger partial charge in [-0.2, -0.15) is 0 Å². The molecule has 2 saturated carbocycles. The van der Waals surface area contributed by atoms with Crippen LogP contribution in [0, 0.1) is 10.8 Å². The standard InChI is InChI=1S/C10H17Br/c1-9-4-3-5-10(2,7-6-9)8(9)11/h8H,3-7H2,1-2H3/t8?,9-,10+. The molecule has 2 rings (SSSR count). The Balaban J connectivity index is 2.30. The number of hydrogen-bond donors (Lipinski definition) is 0. The van der Waals surface area contributed by atoms with E-state index in [0.29, 0.717) is 10.8 Å². The maximum absolute atomic E-state index is 3.89. The molecule has 0 amide bonds. The molecule has 0 aliphatic heterocycles. The highest BCUT2D eigenvalue weighted by molar-refractivity contribution is 9.09. The van der Waals surface area contributed by atoms with Crippen molar-refractivity contribution >= 4 is 15.9 Å². The summed E-state index contributed by atoms with van der Waals surface area (Å²) in [6.45, 7) is 4.91. The van der Waals surface area contributed by atoms with Crippen LogP contribution in [0.5, 0.6) is 0 Å². The van der Waals surface area contributed by atoms with Gasteiger partial charge in [0.2, 0.25) is 0 Å². The van der Waals surface area contributed by atoms with Gasteiger partial charge in [-0.1, -0.05) is 36.2 Å². The Hall–Kier alpha value is 0.480. The lowest BCUT2D eigenvalue weighted by molar-refractivity contribution is 0.189. The lowest BCUT2D eigenvalue weighted by atomic mass is 9.71. The largest absolute Gasteiger partial charge is 0.0879 e. The van der Waals surface area contributed by atoms with Crippen LogP contribution < -0.4 is 0 Å². The molecule has 64 valence electrons. The molecule has 0 spiro atoms. The zero-order valence-electron chi connectivity index (χ0n) is 7.49. The van der Waals surface area contributed by atoms with Gasteiger partial charge < -0.3 is 0 Å². The average molecular weight is 217 g/mol. The van der Waals surface area contributed by atoms with Crippen molar-refractivity contribution in [3.05, 3.63) is 0 Å². The van der Waals surface area contributed by atoms with E-state index in [2.05, 4.69) is 29.8 Å². The van der Waals surface area contributed by atoms with Gasteiger partial charge in [-0.15, -0.1) is 0 Å². The van der Waals surface area contributed by atoms with Crippen LogP contribution in [0.25, 0.3) is 0 Å². The Labute approximate surface area is 77.9 Å². The minimum atomic E-state index is 0.632. The summed E-state index contributed by atoms with van der Waals surface area (Å²) < 4.78 is 0. The van der Waals surface area contributed by atoms with Gasteiger partial charge in [0.05, 0.1) is 0 Å². The van der Waals surface area contributed by atoms with E-state index in [0.717, 1.165) is 4.83 Å². The number of alkyl halides is 1. The van der Waals surface area contributed by atoms with Crippen LogP contribution in [0.15, 0.2) is 0 Å². The van der Waals surface area contributed by atoms with Crippen molar-refractivity contribution in [3.8, 4) is 0 Å². The van der Waals surface area contributed by atoms with Crippen LogP contribution in [0.2, 0.25) is 0 Å². The third-order valence-electron chi connectivity index (χ3n) is 3.99. The fraction of sp³-hybridized carbons (Fsp3) is 1.00. The van der Waals surface area contributed by atoms with Gasteiger partial charge in [-0.25, -0.2) is 0 Å². The Morgan fingerprint density at radius 3 is 1.82 bits per heavy atom. The van der Waals surface area contributed by atoms with E-state index in [1.165, 1.54) is 32.1 Å². The molecule has 1 unspecified atom stereocenters. The highest BCUT2D eigenvalue weighted by Gasteiger charge is 2.52. The fourth-order valence-corrected chi connectivity index (χ4v) is 3.98. The first-order valence-electron chi connectivity index (χ1n) is 4.71. The van der Waals surface area contributed by atoms with E-state index in [4.69, 9.17) is 0 Å². The van der Waals surface area contributed by atoms with Gasteiger partial charge in [0, 0.05) is 4.83 Å². The lowest BCUT2D eigenvalue weighted by Crippen LogP contribution is -2.36. The molecule has 2 aliphatic rings. The summed E-state index contributed by atoms with van der Waals surface area (Å²) in [6, 6.07) is 0. The third-order valence-corrected chi connectivity index (χ3v) is 6.20. The van der Waals surface area contributed by atoms with Crippen LogP contribution in [0.4, 0.5) is 0 Å². The fourth-order valence-electron chi connectivity index (χ4n) is 3.07. The van der Waals surface area contributed by atoms with Crippen LogP contribution in [0.1, 0.15) is 46.0 Å². The summed E-state index contributed by atoms with van der Waals surface area (Å²) in [5.41, 5.74) is 1.26. The molecule has 0 aromatic carbocycles. The van der Waals surface area contributed by atoms with Gasteiger partial charge >= 0.3 is 0 Å². The first-order chi connectivity index (χ1) is 5.07. The van der Waals surface area contributed by atoms with Crippen LogP contribution in [-0.4, -0.2) is 4.83 Å². The lowest BCUT2D eigenvalue weighted by Gasteiger charge is -2.40. The molecule has 0 nitrogen and oxygen atoms in total. The Morgan fingerprint density at radius 1 is 1.00 bits per heavy atom. The second-order valence-corrected chi connectivity index (χ2v) is 5.94. The first kappa shape index (κ1) is 8.10. The second kappa shape index (κ2) is 2.25. The van der Waals surface area contributed by atoms with Gasteiger partial charge in [-0.3, -0.25) is 0 Å². The van der Waals surface area contributed by atoms with Crippen molar-refractivity contribution < 1.29 is 0 Å². The minimum Gasteiger partial charge on any atom is -0.0879 e. The minimum absolute atomic E-state index is 0.632. The van der Waals surface area contributed by atoms with Crippen molar-refractivity contribution in [2.24, 2.45) is 10.8 Å². The van der Waals surface area contributed by atoms with Gasteiger partial charge in [0.25, 0.3) is 0 Å². The van der Waals surface area contributed by atoms with E-state index in [1.54, 1.807) is 0 Å². The highest BCUT2D eigenvalue weighted by atomic mass is 79.9. The predicted molar refractivity (Wildman–Crippen MR) is 52.0 cm³/mol. The van der Waals surface area contributed by atoms with E-state index in [9.17, 15) is 0 Å². The summed E-state index contributed by atoms with van der Waals surface area (Å²) in [4.78, 5) is 0.788. The zero-order chi connectivity index (χ0) is 8.11. The number of rotatable bonds is 0. The van der Waals surface area contributed by atoms with Crippen molar-refractivity contribution in [1.82, 2.24) is 0 Å². The molecule has 0 heterocycles. The highest BCUT2D eigenvalue weighted by Crippen LogP contribution is 2.61. The Kier molecular flexibility index (Phi) is 1.65. The van der Waals surface area contributed by atoms with Crippen molar-refractivity contribution in [2.45, 2.75) is 50.8 Å². The Bertz CT molecular complexity index is 160. The van der Waals surface area contributed by atoms with Crippen molar-refractivity contribution in [3.63, 3.8) is 0 Å². The maximum atomic E-state index is 3.89. The molecule has 2 aliphatic carbocycles. The average Bonchev–Trinajstić information content (AvgIpc) is 2.17. The molecule has 0 aromatic rings. The molecule has 0 saturated heterocycles. The molecule has 3 atom stereocenters. The van der Waals surface area contributed by atoms with Crippen LogP contribution >= 0.6 is 15.9 Å². The second-order valence-electron chi connectivity index (χ2n) is 5.02. The third kappa shape index (κ3) is 0.998. The summed E-state index contributed by atoms with van der Waals surface area (Å²) in [7, 11) is 0. The predicted octanol–water partition coefficient (Wildman–Crippen LogP) is 3.74. The number of fused-ring (bicyclic) bond motifs is 2. The summed E-state index contributed by atoms with van der Waals surface area (Å²) >= 11 is 3.89. The molecular formula is C10H17Br. The quantitative estimate of drug-likeness (QED) is 0.542. The van der Waals surface area contributed by atoms with E-state index in [1.807, 2.05) is 0 Å². The normalized spacial score (nSPS) is 56.5. The molecule has 0 radical (unpaired) electrons. The van der Waals surface area contributed by atoms with Gasteiger partial charge in [0.1, 0.15) is 0 Å². The monoisotopic (exact) mass is 216 g/mol. The topological polar surface area (TPSA) is 0 Å². The maximum Gasteiger partial charge on any atom is 0.0253 e. The molecule has 0 aromatic heterocycles. The molecule has 1 heteroatoms. The van der Waals surface area contributed by atoms with Crippen molar-refractivity contribution in [2.75, 3.05) is 0 Å². The van der Waals surface area contributed by atoms with Crippen LogP contribution in [0.3, 0.4) is 0 Å². The van der Waals surface area contributed by atoms with Gasteiger partial charge in [-0.05, 0) is 36.5 Å². The first-order valence-corrected chi connectivity index (χ1v) is 5.63. The van der Waals surface area contributed by atoms with Crippen LogP contribution in [-0.2, 0) is 0 Å². The van der Waals surface area contributed by atoms with E-state index >= 15 is 0 Å².